The van der Waals surface area contributed by atoms with Gasteiger partial charge in [-0.05, 0) is 56.8 Å². The first-order chi connectivity index (χ1) is 13.5. The van der Waals surface area contributed by atoms with Gasteiger partial charge in [-0.15, -0.1) is 0 Å². The molecule has 2 aromatic heterocycles. The molecule has 0 amide bonds. The lowest BCUT2D eigenvalue weighted by atomic mass is 10.1. The van der Waals surface area contributed by atoms with Crippen molar-refractivity contribution < 1.29 is 4.42 Å². The number of fused-ring (bicyclic) bond motifs is 1. The number of rotatable bonds is 8. The van der Waals surface area contributed by atoms with Gasteiger partial charge in [0.15, 0.2) is 0 Å². The first-order valence-corrected chi connectivity index (χ1v) is 10.9. The molecule has 4 rings (SSSR count). The van der Waals surface area contributed by atoms with Crippen molar-refractivity contribution >= 4 is 28.9 Å². The van der Waals surface area contributed by atoms with Crippen molar-refractivity contribution in [2.45, 2.75) is 53.0 Å². The smallest absolute Gasteiger partial charge is 0.227 e. The summed E-state index contributed by atoms with van der Waals surface area (Å²) in [6, 6.07) is 5.57. The fraction of sp³-hybridized carbons (Fsp3) is 0.500. The lowest BCUT2D eigenvalue weighted by molar-refractivity contribution is 0.254. The van der Waals surface area contributed by atoms with Crippen LogP contribution in [0.2, 0.25) is 10.0 Å². The summed E-state index contributed by atoms with van der Waals surface area (Å²) in [5.74, 6) is 1.77. The SMILES string of the molecule is CCCN(Cc1c(C)nn2c(-c3ccc(Cl)cc3Cl)c(CC)oc12)CC1CC1. The zero-order valence-corrected chi connectivity index (χ0v) is 18.3. The van der Waals surface area contributed by atoms with Gasteiger partial charge in [-0.1, -0.05) is 37.0 Å². The van der Waals surface area contributed by atoms with Crippen molar-refractivity contribution in [2.24, 2.45) is 5.92 Å². The van der Waals surface area contributed by atoms with Crippen LogP contribution in [0.5, 0.6) is 0 Å². The summed E-state index contributed by atoms with van der Waals surface area (Å²) in [5, 5.41) is 6.07. The summed E-state index contributed by atoms with van der Waals surface area (Å²) in [7, 11) is 0. The highest BCUT2D eigenvalue weighted by Gasteiger charge is 2.27. The molecule has 0 bridgehead atoms. The van der Waals surface area contributed by atoms with Crippen molar-refractivity contribution in [3.05, 3.63) is 45.3 Å². The van der Waals surface area contributed by atoms with Gasteiger partial charge in [-0.25, -0.2) is 0 Å². The van der Waals surface area contributed by atoms with E-state index in [1.807, 2.05) is 16.6 Å². The van der Waals surface area contributed by atoms with Crippen molar-refractivity contribution in [1.82, 2.24) is 14.5 Å². The largest absolute Gasteiger partial charge is 0.441 e. The van der Waals surface area contributed by atoms with E-state index < -0.39 is 0 Å². The van der Waals surface area contributed by atoms with Crippen molar-refractivity contribution in [3.63, 3.8) is 0 Å². The van der Waals surface area contributed by atoms with E-state index in [1.165, 1.54) is 24.9 Å². The number of hydrogen-bond acceptors (Lipinski definition) is 3. The third-order valence-electron chi connectivity index (χ3n) is 5.48. The topological polar surface area (TPSA) is 33.7 Å². The van der Waals surface area contributed by atoms with Crippen LogP contribution in [0.4, 0.5) is 0 Å². The summed E-state index contributed by atoms with van der Waals surface area (Å²) >= 11 is 12.6. The molecule has 3 aromatic rings. The van der Waals surface area contributed by atoms with Crippen LogP contribution in [-0.2, 0) is 13.0 Å². The van der Waals surface area contributed by atoms with Gasteiger partial charge in [-0.3, -0.25) is 4.90 Å². The quantitative estimate of drug-likeness (QED) is 0.423. The van der Waals surface area contributed by atoms with E-state index in [2.05, 4.69) is 25.7 Å². The number of halogens is 2. The molecular weight excluding hydrogens is 393 g/mol. The predicted molar refractivity (Wildman–Crippen MR) is 115 cm³/mol. The molecule has 2 heterocycles. The van der Waals surface area contributed by atoms with Gasteiger partial charge in [0.2, 0.25) is 5.71 Å². The monoisotopic (exact) mass is 419 g/mol. The summed E-state index contributed by atoms with van der Waals surface area (Å²) in [5.41, 5.74) is 4.87. The normalized spacial score (nSPS) is 14.5. The summed E-state index contributed by atoms with van der Waals surface area (Å²) < 4.78 is 8.25. The molecule has 1 saturated carbocycles. The average molecular weight is 420 g/mol. The van der Waals surface area contributed by atoms with Crippen LogP contribution >= 0.6 is 23.2 Å². The van der Waals surface area contributed by atoms with Crippen LogP contribution in [0.15, 0.2) is 22.6 Å². The molecule has 1 aliphatic carbocycles. The Kier molecular flexibility index (Phi) is 5.73. The van der Waals surface area contributed by atoms with E-state index >= 15 is 0 Å². The number of aryl methyl sites for hydroxylation is 2. The Morgan fingerprint density at radius 3 is 2.68 bits per heavy atom. The highest BCUT2D eigenvalue weighted by Crippen LogP contribution is 2.37. The maximum absolute atomic E-state index is 6.51. The molecule has 0 saturated heterocycles. The molecule has 0 N–H and O–H groups in total. The molecule has 28 heavy (non-hydrogen) atoms. The Balaban J connectivity index is 1.77. The van der Waals surface area contributed by atoms with Crippen molar-refractivity contribution in [2.75, 3.05) is 13.1 Å². The minimum Gasteiger partial charge on any atom is -0.441 e. The fourth-order valence-corrected chi connectivity index (χ4v) is 4.38. The molecule has 150 valence electrons. The van der Waals surface area contributed by atoms with E-state index in [4.69, 9.17) is 32.7 Å². The zero-order valence-electron chi connectivity index (χ0n) is 16.8. The van der Waals surface area contributed by atoms with Gasteiger partial charge in [0, 0.05) is 30.1 Å². The molecule has 0 radical (unpaired) electrons. The Hall–Kier alpha value is -1.49. The Morgan fingerprint density at radius 2 is 2.04 bits per heavy atom. The van der Waals surface area contributed by atoms with Crippen LogP contribution in [0, 0.1) is 12.8 Å². The molecule has 1 aliphatic rings. The maximum Gasteiger partial charge on any atom is 0.227 e. The van der Waals surface area contributed by atoms with E-state index in [-0.39, 0.29) is 0 Å². The van der Waals surface area contributed by atoms with Gasteiger partial charge in [0.25, 0.3) is 0 Å². The minimum absolute atomic E-state index is 0.612. The van der Waals surface area contributed by atoms with E-state index in [0.717, 1.165) is 60.3 Å². The van der Waals surface area contributed by atoms with E-state index in [0.29, 0.717) is 10.0 Å². The number of hydrogen-bond donors (Lipinski definition) is 0. The molecule has 6 heteroatoms. The first kappa shape index (κ1) is 19.8. The van der Waals surface area contributed by atoms with Crippen LogP contribution in [-0.4, -0.2) is 27.6 Å². The molecule has 0 atom stereocenters. The molecule has 4 nitrogen and oxygen atoms in total. The first-order valence-electron chi connectivity index (χ1n) is 10.2. The number of aromatic nitrogens is 2. The minimum atomic E-state index is 0.612. The number of oxazole rings is 1. The van der Waals surface area contributed by atoms with Gasteiger partial charge in [0.1, 0.15) is 11.5 Å². The van der Waals surface area contributed by atoms with E-state index in [1.54, 1.807) is 6.07 Å². The van der Waals surface area contributed by atoms with Crippen molar-refractivity contribution in [3.8, 4) is 11.3 Å². The molecule has 0 unspecified atom stereocenters. The van der Waals surface area contributed by atoms with Gasteiger partial charge in [-0.2, -0.15) is 9.61 Å². The van der Waals surface area contributed by atoms with Crippen LogP contribution in [0.3, 0.4) is 0 Å². The van der Waals surface area contributed by atoms with Gasteiger partial charge in [0.05, 0.1) is 16.3 Å². The lowest BCUT2D eigenvalue weighted by Crippen LogP contribution is -2.26. The molecule has 1 aromatic carbocycles. The highest BCUT2D eigenvalue weighted by molar-refractivity contribution is 6.36. The fourth-order valence-electron chi connectivity index (χ4n) is 3.89. The Bertz CT molecular complexity index is 987. The number of benzene rings is 1. The lowest BCUT2D eigenvalue weighted by Gasteiger charge is -2.20. The molecule has 1 fully saturated rings. The second-order valence-corrected chi connectivity index (χ2v) is 8.65. The van der Waals surface area contributed by atoms with Crippen LogP contribution < -0.4 is 0 Å². The summed E-state index contributed by atoms with van der Waals surface area (Å²) in [6.07, 6.45) is 4.65. The molecule has 0 spiro atoms. The molecule has 0 aliphatic heterocycles. The van der Waals surface area contributed by atoms with Crippen molar-refractivity contribution in [1.29, 1.82) is 0 Å². The summed E-state index contributed by atoms with van der Waals surface area (Å²) in [6.45, 7) is 9.55. The molecular formula is C22H27Cl2N3O. The van der Waals surface area contributed by atoms with Crippen LogP contribution in [0.25, 0.3) is 17.0 Å². The maximum atomic E-state index is 6.51. The Morgan fingerprint density at radius 1 is 1.25 bits per heavy atom. The average Bonchev–Trinajstić information content (AvgIpc) is 3.33. The second kappa shape index (κ2) is 8.10. The third kappa shape index (κ3) is 3.83. The predicted octanol–water partition coefficient (Wildman–Crippen LogP) is 6.39. The third-order valence-corrected chi connectivity index (χ3v) is 6.02. The zero-order chi connectivity index (χ0) is 19.8. The summed E-state index contributed by atoms with van der Waals surface area (Å²) in [4.78, 5) is 2.55. The number of nitrogens with zero attached hydrogens (tertiary/aromatic N) is 3. The highest BCUT2D eigenvalue weighted by atomic mass is 35.5. The van der Waals surface area contributed by atoms with E-state index in [9.17, 15) is 0 Å². The van der Waals surface area contributed by atoms with Crippen LogP contribution in [0.1, 0.15) is 50.1 Å². The van der Waals surface area contributed by atoms with Gasteiger partial charge >= 0.3 is 0 Å². The Labute approximate surface area is 176 Å². The standard InChI is InChI=1S/C22H27Cl2N3O/c1-4-10-26(12-15-6-7-15)13-18-14(3)25-27-21(20(5-2)28-22(18)27)17-9-8-16(23)11-19(17)24/h8-9,11,15H,4-7,10,12-13H2,1-3H3. The second-order valence-electron chi connectivity index (χ2n) is 7.81. The van der Waals surface area contributed by atoms with Gasteiger partial charge < -0.3 is 4.42 Å².